The van der Waals surface area contributed by atoms with E-state index in [1.807, 2.05) is 25.1 Å². The van der Waals surface area contributed by atoms with E-state index in [0.29, 0.717) is 42.5 Å². The summed E-state index contributed by atoms with van der Waals surface area (Å²) in [5.74, 6) is 1.12. The first-order valence-electron chi connectivity index (χ1n) is 7.19. The summed E-state index contributed by atoms with van der Waals surface area (Å²) in [6.45, 7) is 2.85. The quantitative estimate of drug-likeness (QED) is 0.885. The van der Waals surface area contributed by atoms with Crippen LogP contribution in [0.5, 0.6) is 11.5 Å². The number of amides is 3. The molecule has 0 spiro atoms. The number of nitrogens with one attached hydrogen (secondary N) is 1. The van der Waals surface area contributed by atoms with E-state index >= 15 is 0 Å². The second-order valence-corrected chi connectivity index (χ2v) is 5.10. The molecule has 0 aliphatic carbocycles. The van der Waals surface area contributed by atoms with Gasteiger partial charge in [-0.25, -0.2) is 9.69 Å². The molecule has 23 heavy (non-hydrogen) atoms. The lowest BCUT2D eigenvalue weighted by atomic mass is 10.2. The highest BCUT2D eigenvalue weighted by Crippen LogP contribution is 2.33. The first kappa shape index (κ1) is 14.9. The molecule has 2 aromatic rings. The molecule has 1 aliphatic rings. The maximum Gasteiger partial charge on any atom is 0.332 e. The van der Waals surface area contributed by atoms with Crippen LogP contribution in [0.1, 0.15) is 5.56 Å². The molecule has 0 saturated carbocycles. The van der Waals surface area contributed by atoms with Gasteiger partial charge in [-0.15, -0.1) is 0 Å². The van der Waals surface area contributed by atoms with Crippen LogP contribution in [0.15, 0.2) is 42.5 Å². The molecule has 0 fully saturated rings. The van der Waals surface area contributed by atoms with Crippen molar-refractivity contribution in [1.29, 1.82) is 0 Å². The number of urea groups is 1. The molecule has 0 atom stereocenters. The Hall–Kier alpha value is -3.02. The Bertz CT molecular complexity index is 745. The van der Waals surface area contributed by atoms with Gasteiger partial charge in [-0.1, -0.05) is 12.1 Å². The SMILES string of the molecule is Cc1cccc(NC(=O)N(C=O)c2ccc3c(c2)OCCO3)c1. The predicted octanol–water partition coefficient (Wildman–Crippen LogP) is 2.96. The van der Waals surface area contributed by atoms with Crippen LogP contribution >= 0.6 is 0 Å². The highest BCUT2D eigenvalue weighted by Gasteiger charge is 2.19. The number of imide groups is 1. The number of nitrogens with zero attached hydrogens (tertiary/aromatic N) is 1. The molecular formula is C17H16N2O4. The number of benzene rings is 2. The van der Waals surface area contributed by atoms with E-state index in [9.17, 15) is 9.59 Å². The van der Waals surface area contributed by atoms with Gasteiger partial charge in [-0.3, -0.25) is 4.79 Å². The molecular weight excluding hydrogens is 296 g/mol. The van der Waals surface area contributed by atoms with Crippen molar-refractivity contribution in [2.75, 3.05) is 23.4 Å². The lowest BCUT2D eigenvalue weighted by Gasteiger charge is -2.21. The molecule has 1 N–H and O–H groups in total. The van der Waals surface area contributed by atoms with E-state index in [1.54, 1.807) is 24.3 Å². The summed E-state index contributed by atoms with van der Waals surface area (Å²) in [6, 6.07) is 11.7. The van der Waals surface area contributed by atoms with Gasteiger partial charge in [0.05, 0.1) is 5.69 Å². The van der Waals surface area contributed by atoms with Gasteiger partial charge in [0, 0.05) is 11.8 Å². The van der Waals surface area contributed by atoms with Crippen molar-refractivity contribution in [2.24, 2.45) is 0 Å². The number of hydrogen-bond acceptors (Lipinski definition) is 4. The fourth-order valence-electron chi connectivity index (χ4n) is 2.31. The molecule has 0 aromatic heterocycles. The van der Waals surface area contributed by atoms with Gasteiger partial charge >= 0.3 is 6.03 Å². The smallest absolute Gasteiger partial charge is 0.332 e. The van der Waals surface area contributed by atoms with Crippen LogP contribution in [0, 0.1) is 6.92 Å². The maximum absolute atomic E-state index is 12.3. The van der Waals surface area contributed by atoms with Crippen molar-refractivity contribution in [1.82, 2.24) is 0 Å². The second kappa shape index (κ2) is 6.39. The lowest BCUT2D eigenvalue weighted by Crippen LogP contribution is -2.33. The minimum atomic E-state index is -0.540. The van der Waals surface area contributed by atoms with E-state index < -0.39 is 6.03 Å². The fraction of sp³-hybridized carbons (Fsp3) is 0.176. The normalized spacial score (nSPS) is 12.4. The van der Waals surface area contributed by atoms with E-state index in [0.717, 1.165) is 10.5 Å². The van der Waals surface area contributed by atoms with Crippen molar-refractivity contribution in [3.8, 4) is 11.5 Å². The summed E-state index contributed by atoms with van der Waals surface area (Å²) < 4.78 is 10.9. The zero-order valence-corrected chi connectivity index (χ0v) is 12.6. The molecule has 3 amide bonds. The predicted molar refractivity (Wildman–Crippen MR) is 86.2 cm³/mol. The van der Waals surface area contributed by atoms with Gasteiger partial charge < -0.3 is 14.8 Å². The van der Waals surface area contributed by atoms with Crippen molar-refractivity contribution < 1.29 is 19.1 Å². The molecule has 0 unspecified atom stereocenters. The lowest BCUT2D eigenvalue weighted by molar-refractivity contribution is -0.106. The molecule has 0 bridgehead atoms. The van der Waals surface area contributed by atoms with Crippen LogP contribution in [0.25, 0.3) is 0 Å². The molecule has 0 saturated heterocycles. The third-order valence-corrected chi connectivity index (χ3v) is 3.40. The van der Waals surface area contributed by atoms with Crippen LogP contribution in [0.4, 0.5) is 16.2 Å². The summed E-state index contributed by atoms with van der Waals surface area (Å²) >= 11 is 0. The third kappa shape index (κ3) is 3.26. The largest absolute Gasteiger partial charge is 0.486 e. The van der Waals surface area contributed by atoms with Gasteiger partial charge in [-0.2, -0.15) is 0 Å². The first-order chi connectivity index (χ1) is 11.2. The second-order valence-electron chi connectivity index (χ2n) is 5.10. The Kier molecular flexibility index (Phi) is 4.14. The van der Waals surface area contributed by atoms with Gasteiger partial charge in [0.1, 0.15) is 13.2 Å². The standard InChI is InChI=1S/C17H16N2O4/c1-12-3-2-4-13(9-12)18-17(21)19(11-20)14-5-6-15-16(10-14)23-8-7-22-15/h2-6,9-11H,7-8H2,1H3,(H,18,21). The van der Waals surface area contributed by atoms with Crippen LogP contribution in [0.2, 0.25) is 0 Å². The van der Waals surface area contributed by atoms with Crippen LogP contribution in [0.3, 0.4) is 0 Å². The summed E-state index contributed by atoms with van der Waals surface area (Å²) in [5.41, 5.74) is 2.05. The zero-order chi connectivity index (χ0) is 16.2. The summed E-state index contributed by atoms with van der Waals surface area (Å²) in [5, 5.41) is 2.70. The Labute approximate surface area is 133 Å². The maximum atomic E-state index is 12.3. The highest BCUT2D eigenvalue weighted by atomic mass is 16.6. The average molecular weight is 312 g/mol. The van der Waals surface area contributed by atoms with Gasteiger partial charge in [0.15, 0.2) is 11.5 Å². The first-order valence-corrected chi connectivity index (χ1v) is 7.19. The number of aryl methyl sites for hydroxylation is 1. The molecule has 2 aromatic carbocycles. The monoisotopic (exact) mass is 312 g/mol. The molecule has 0 radical (unpaired) electrons. The minimum Gasteiger partial charge on any atom is -0.486 e. The molecule has 1 heterocycles. The Morgan fingerprint density at radius 1 is 1.13 bits per heavy atom. The van der Waals surface area contributed by atoms with Crippen LogP contribution < -0.4 is 19.7 Å². The van der Waals surface area contributed by atoms with E-state index in [4.69, 9.17) is 9.47 Å². The molecule has 118 valence electrons. The number of carbonyl (C=O) groups excluding carboxylic acids is 2. The van der Waals surface area contributed by atoms with Gasteiger partial charge in [0.2, 0.25) is 6.41 Å². The van der Waals surface area contributed by atoms with Crippen LogP contribution in [-0.4, -0.2) is 25.7 Å². The zero-order valence-electron chi connectivity index (χ0n) is 12.6. The number of anilines is 2. The number of ether oxygens (including phenoxy) is 2. The minimum absolute atomic E-state index is 0.411. The van der Waals surface area contributed by atoms with Crippen molar-refractivity contribution in [3.63, 3.8) is 0 Å². The number of rotatable bonds is 3. The molecule has 6 nitrogen and oxygen atoms in total. The summed E-state index contributed by atoms with van der Waals surface area (Å²) in [4.78, 5) is 24.7. The van der Waals surface area contributed by atoms with Gasteiger partial charge in [0.25, 0.3) is 0 Å². The number of fused-ring (bicyclic) bond motifs is 1. The fourth-order valence-corrected chi connectivity index (χ4v) is 2.31. The Morgan fingerprint density at radius 3 is 2.65 bits per heavy atom. The van der Waals surface area contributed by atoms with E-state index in [1.165, 1.54) is 0 Å². The molecule has 1 aliphatic heterocycles. The van der Waals surface area contributed by atoms with Gasteiger partial charge in [-0.05, 0) is 36.8 Å². The Balaban J connectivity index is 1.81. The topological polar surface area (TPSA) is 67.9 Å². The number of hydrogen-bond donors (Lipinski definition) is 1. The third-order valence-electron chi connectivity index (χ3n) is 3.40. The highest BCUT2D eigenvalue weighted by molar-refractivity contribution is 6.12. The van der Waals surface area contributed by atoms with E-state index in [2.05, 4.69) is 5.32 Å². The summed E-state index contributed by atoms with van der Waals surface area (Å²) in [7, 11) is 0. The number of carbonyl (C=O) groups is 2. The summed E-state index contributed by atoms with van der Waals surface area (Å²) in [6.07, 6.45) is 0.469. The molecule has 3 rings (SSSR count). The average Bonchev–Trinajstić information content (AvgIpc) is 2.55. The van der Waals surface area contributed by atoms with Crippen molar-refractivity contribution in [3.05, 3.63) is 48.0 Å². The van der Waals surface area contributed by atoms with Crippen molar-refractivity contribution in [2.45, 2.75) is 6.92 Å². The Morgan fingerprint density at radius 2 is 1.91 bits per heavy atom. The van der Waals surface area contributed by atoms with Crippen molar-refractivity contribution >= 4 is 23.8 Å². The molecule has 6 heteroatoms. The van der Waals surface area contributed by atoms with Crippen LogP contribution in [-0.2, 0) is 4.79 Å². The van der Waals surface area contributed by atoms with E-state index in [-0.39, 0.29) is 0 Å².